The van der Waals surface area contributed by atoms with Gasteiger partial charge in [-0.3, -0.25) is 9.36 Å². The monoisotopic (exact) mass is 700 g/mol. The van der Waals surface area contributed by atoms with Crippen LogP contribution in [-0.2, 0) is 22.4 Å². The third-order valence-corrected chi connectivity index (χ3v) is 9.28. The van der Waals surface area contributed by atoms with Gasteiger partial charge < -0.3 is 18.4 Å². The van der Waals surface area contributed by atoms with Crippen LogP contribution in [0.2, 0.25) is 10.0 Å². The number of hydrogen-bond acceptors (Lipinski definition) is 10. The van der Waals surface area contributed by atoms with E-state index in [1.54, 1.807) is 23.2 Å². The van der Waals surface area contributed by atoms with E-state index in [9.17, 15) is 0 Å². The Labute approximate surface area is 271 Å². The fourth-order valence-electron chi connectivity index (χ4n) is 4.61. The van der Waals surface area contributed by atoms with Crippen molar-refractivity contribution in [2.24, 2.45) is 0 Å². The van der Waals surface area contributed by atoms with Gasteiger partial charge >= 0.3 is 7.12 Å². The Morgan fingerprint density at radius 2 is 1.23 bits per heavy atom. The summed E-state index contributed by atoms with van der Waals surface area (Å²) in [6.45, 7) is 12.4. The zero-order chi connectivity index (χ0) is 31.4. The van der Waals surface area contributed by atoms with Crippen molar-refractivity contribution in [3.8, 4) is 0 Å². The van der Waals surface area contributed by atoms with E-state index < -0.39 is 18.3 Å². The molecular formula is C28H28BBrCl2N8O4. The molecule has 0 atom stereocenters. The molecule has 0 spiro atoms. The number of aromatic nitrogens is 8. The molecule has 6 aromatic rings. The molecule has 16 heteroatoms. The van der Waals surface area contributed by atoms with Gasteiger partial charge in [0.25, 0.3) is 0 Å². The molecule has 0 bridgehead atoms. The lowest BCUT2D eigenvalue weighted by atomic mass is 9.78. The highest BCUT2D eigenvalue weighted by atomic mass is 79.9. The molecule has 0 amide bonds. The summed E-state index contributed by atoms with van der Waals surface area (Å²) in [7, 11) is -0.515. The second kappa shape index (κ2) is 11.6. The van der Waals surface area contributed by atoms with Crippen molar-refractivity contribution in [1.82, 2.24) is 39.8 Å². The van der Waals surface area contributed by atoms with Crippen LogP contribution in [0.3, 0.4) is 0 Å². The highest BCUT2D eigenvalue weighted by Gasteiger charge is 2.52. The second-order valence-corrected chi connectivity index (χ2v) is 13.0. The number of nitrogens with zero attached hydrogens (tertiary/aromatic N) is 8. The molecule has 0 saturated carbocycles. The van der Waals surface area contributed by atoms with E-state index in [2.05, 4.69) is 46.4 Å². The van der Waals surface area contributed by atoms with Crippen LogP contribution in [-0.4, -0.2) is 58.2 Å². The summed E-state index contributed by atoms with van der Waals surface area (Å²) >= 11 is 16.2. The van der Waals surface area contributed by atoms with E-state index in [4.69, 9.17) is 41.6 Å². The Hall–Kier alpha value is -3.30. The van der Waals surface area contributed by atoms with Gasteiger partial charge in [-0.25, -0.2) is 0 Å². The minimum absolute atomic E-state index is 0.387. The van der Waals surface area contributed by atoms with E-state index >= 15 is 0 Å². The Morgan fingerprint density at radius 1 is 0.750 bits per heavy atom. The summed E-state index contributed by atoms with van der Waals surface area (Å²) in [6.07, 6.45) is 3.73. The van der Waals surface area contributed by atoms with Gasteiger partial charge in [0.2, 0.25) is 11.8 Å². The van der Waals surface area contributed by atoms with Gasteiger partial charge in [-0.1, -0.05) is 39.6 Å². The van der Waals surface area contributed by atoms with Crippen molar-refractivity contribution < 1.29 is 18.4 Å². The maximum Gasteiger partial charge on any atom is 0.496 e. The van der Waals surface area contributed by atoms with Gasteiger partial charge in [-0.2, -0.15) is 20.2 Å². The first-order valence-electron chi connectivity index (χ1n) is 13.7. The van der Waals surface area contributed by atoms with Crippen molar-refractivity contribution in [1.29, 1.82) is 0 Å². The molecule has 0 unspecified atom stereocenters. The molecule has 1 aliphatic heterocycles. The molecular weight excluding hydrogens is 674 g/mol. The van der Waals surface area contributed by atoms with Crippen LogP contribution in [0, 0.1) is 13.8 Å². The number of hydrogen-bond donors (Lipinski definition) is 0. The van der Waals surface area contributed by atoms with E-state index in [1.807, 2.05) is 64.4 Å². The van der Waals surface area contributed by atoms with Crippen LogP contribution < -0.4 is 5.46 Å². The summed E-state index contributed by atoms with van der Waals surface area (Å²) < 4.78 is 26.8. The summed E-state index contributed by atoms with van der Waals surface area (Å²) in [5, 5.41) is 19.4. The van der Waals surface area contributed by atoms with Crippen LogP contribution in [0.4, 0.5) is 0 Å². The predicted molar refractivity (Wildman–Crippen MR) is 169 cm³/mol. The van der Waals surface area contributed by atoms with Gasteiger partial charge in [-0.05, 0) is 75.7 Å². The average Bonchev–Trinajstić information content (AvgIpc) is 3.76. The fraction of sp³-hybridized carbons (Fsp3) is 0.357. The topological polar surface area (TPSA) is 132 Å². The van der Waals surface area contributed by atoms with Gasteiger partial charge in [0.15, 0.2) is 11.6 Å². The summed E-state index contributed by atoms with van der Waals surface area (Å²) in [5.41, 5.74) is 1.57. The molecule has 1 saturated heterocycles. The highest BCUT2D eigenvalue weighted by Crippen LogP contribution is 2.37. The van der Waals surface area contributed by atoms with Gasteiger partial charge in [0.05, 0.1) is 32.3 Å². The molecule has 0 N–H and O–H groups in total. The number of fused-ring (bicyclic) bond motifs is 2. The zero-order valence-corrected chi connectivity index (χ0v) is 27.9. The van der Waals surface area contributed by atoms with Crippen LogP contribution >= 0.6 is 39.1 Å². The molecule has 2 aromatic carbocycles. The standard InChI is InChI=1S/C17H20BClN4O3.C11H8BrClN4O/c1-10-20-14(24-22-10)9-23-8-11-13(21-23)7-6-12(15(11)19)18-25-16(2,3)17(4,5)26-18;1-6-14-10(18-16-6)5-17-4-7-9(15-17)3-2-8(12)11(7)13/h6-8H,9H2,1-5H3;2-4H,5H2,1H3. The molecule has 1 fully saturated rings. The Kier molecular flexibility index (Phi) is 8.08. The number of rotatable bonds is 5. The molecule has 1 aliphatic rings. The van der Waals surface area contributed by atoms with Crippen LogP contribution in [0.5, 0.6) is 0 Å². The van der Waals surface area contributed by atoms with Crippen LogP contribution in [0.15, 0.2) is 50.2 Å². The van der Waals surface area contributed by atoms with Gasteiger partial charge in [-0.15, -0.1) is 0 Å². The second-order valence-electron chi connectivity index (χ2n) is 11.4. The van der Waals surface area contributed by atoms with Crippen LogP contribution in [0.1, 0.15) is 51.1 Å². The molecule has 4 aromatic heterocycles. The van der Waals surface area contributed by atoms with E-state index in [0.717, 1.165) is 31.7 Å². The Bertz CT molecular complexity index is 1970. The molecule has 44 heavy (non-hydrogen) atoms. The lowest BCUT2D eigenvalue weighted by molar-refractivity contribution is 0.00578. The van der Waals surface area contributed by atoms with E-state index in [-0.39, 0.29) is 0 Å². The number of benzene rings is 2. The van der Waals surface area contributed by atoms with Crippen molar-refractivity contribution in [3.05, 3.63) is 74.6 Å². The van der Waals surface area contributed by atoms with Gasteiger partial charge in [0.1, 0.15) is 13.1 Å². The number of aryl methyl sites for hydroxylation is 2. The third-order valence-electron chi connectivity index (χ3n) is 7.57. The van der Waals surface area contributed by atoms with E-state index in [0.29, 0.717) is 46.6 Å². The minimum Gasteiger partial charge on any atom is -0.399 e. The molecule has 12 nitrogen and oxygen atoms in total. The largest absolute Gasteiger partial charge is 0.496 e. The first kappa shape index (κ1) is 30.7. The summed E-state index contributed by atoms with van der Waals surface area (Å²) in [5.74, 6) is 2.23. The summed E-state index contributed by atoms with van der Waals surface area (Å²) in [4.78, 5) is 8.33. The van der Waals surface area contributed by atoms with Crippen LogP contribution in [0.25, 0.3) is 21.8 Å². The third kappa shape index (κ3) is 6.01. The maximum absolute atomic E-state index is 6.66. The predicted octanol–water partition coefficient (Wildman–Crippen LogP) is 5.92. The minimum atomic E-state index is -0.515. The molecule has 0 radical (unpaired) electrons. The van der Waals surface area contributed by atoms with E-state index in [1.165, 1.54) is 0 Å². The Balaban J connectivity index is 0.000000167. The Morgan fingerprint density at radius 3 is 1.70 bits per heavy atom. The molecule has 0 aliphatic carbocycles. The summed E-state index contributed by atoms with van der Waals surface area (Å²) in [6, 6.07) is 7.60. The fourth-order valence-corrected chi connectivity index (χ4v) is 5.46. The maximum atomic E-state index is 6.66. The lowest BCUT2D eigenvalue weighted by Crippen LogP contribution is -2.41. The first-order chi connectivity index (χ1) is 20.8. The molecule has 228 valence electrons. The molecule has 5 heterocycles. The van der Waals surface area contributed by atoms with Crippen molar-refractivity contribution in [3.63, 3.8) is 0 Å². The quantitative estimate of drug-likeness (QED) is 0.200. The van der Waals surface area contributed by atoms with Crippen molar-refractivity contribution >= 4 is 73.5 Å². The highest BCUT2D eigenvalue weighted by molar-refractivity contribution is 9.10. The van der Waals surface area contributed by atoms with Crippen molar-refractivity contribution in [2.75, 3.05) is 0 Å². The SMILES string of the molecule is Cc1noc(Cn2cc3c(Cl)c(B4OC(C)(C)C(C)(C)O4)ccc3n2)n1.Cc1noc(Cn2cc3c(Cl)c(Br)ccc3n2)n1. The molecule has 7 rings (SSSR count). The van der Waals surface area contributed by atoms with Gasteiger partial charge in [0, 0.05) is 33.1 Å². The average molecular weight is 702 g/mol. The number of halogens is 3. The smallest absolute Gasteiger partial charge is 0.399 e. The van der Waals surface area contributed by atoms with Crippen molar-refractivity contribution in [2.45, 2.75) is 65.8 Å². The normalized spacial score (nSPS) is 15.7. The zero-order valence-electron chi connectivity index (χ0n) is 24.8. The lowest BCUT2D eigenvalue weighted by Gasteiger charge is -2.32. The first-order valence-corrected chi connectivity index (χ1v) is 15.3.